The van der Waals surface area contributed by atoms with E-state index >= 15 is 0 Å². The van der Waals surface area contributed by atoms with Gasteiger partial charge in [-0.1, -0.05) is 47.5 Å². The lowest BCUT2D eigenvalue weighted by atomic mass is 10.0. The van der Waals surface area contributed by atoms with Crippen LogP contribution in [0.25, 0.3) is 11.1 Å². The maximum atomic E-state index is 12.2. The Morgan fingerprint density at radius 2 is 1.78 bits per heavy atom. The maximum absolute atomic E-state index is 12.2. The van der Waals surface area contributed by atoms with E-state index in [4.69, 9.17) is 33.4 Å². The zero-order valence-corrected chi connectivity index (χ0v) is 19.2. The van der Waals surface area contributed by atoms with Gasteiger partial charge >= 0.3 is 5.97 Å². The van der Waals surface area contributed by atoms with Crippen LogP contribution in [0, 0.1) is 0 Å². The van der Waals surface area contributed by atoms with Gasteiger partial charge in [0.2, 0.25) is 0 Å². The summed E-state index contributed by atoms with van der Waals surface area (Å²) in [7, 11) is 0. The minimum absolute atomic E-state index is 0.213. The standard InChI is InChI=1S/C20H16Cl2N2O6S2/c21-15-9-17(31-18(15)22)24(32(29)30)14-3-1-2-13(8-14)11-4-6-12(7-5-11)19(26)23-16(10-25)20(27)28/h1-9,16,25H,10H2,(H,23,26)(H,27,28)(H,29,30). The van der Waals surface area contributed by atoms with Crippen LogP contribution in [-0.4, -0.2) is 43.5 Å². The number of aliphatic hydroxyl groups is 1. The van der Waals surface area contributed by atoms with Crippen LogP contribution in [0.5, 0.6) is 0 Å². The molecular formula is C20H16Cl2N2O6S2. The molecule has 12 heteroatoms. The van der Waals surface area contributed by atoms with Crippen molar-refractivity contribution in [3.05, 3.63) is 69.5 Å². The third kappa shape index (κ3) is 5.47. The molecule has 168 valence electrons. The second-order valence-corrected chi connectivity index (χ2v) is 9.27. The number of benzene rings is 2. The molecule has 3 aromatic rings. The Kier molecular flexibility index (Phi) is 7.88. The van der Waals surface area contributed by atoms with Gasteiger partial charge in [0.05, 0.1) is 17.3 Å². The third-order valence-corrected chi connectivity index (χ3v) is 7.02. The average Bonchev–Trinajstić information content (AvgIpc) is 3.09. The largest absolute Gasteiger partial charge is 0.480 e. The zero-order valence-electron chi connectivity index (χ0n) is 16.1. The Morgan fingerprint density at radius 3 is 2.31 bits per heavy atom. The number of aliphatic hydroxyl groups excluding tert-OH is 1. The lowest BCUT2D eigenvalue weighted by molar-refractivity contribution is -0.140. The van der Waals surface area contributed by atoms with Gasteiger partial charge in [-0.2, -0.15) is 0 Å². The number of carboxylic acids is 1. The van der Waals surface area contributed by atoms with Crippen molar-refractivity contribution in [1.82, 2.24) is 5.32 Å². The Balaban J connectivity index is 1.86. The number of nitrogens with zero attached hydrogens (tertiary/aromatic N) is 1. The van der Waals surface area contributed by atoms with Gasteiger partial charge in [-0.15, -0.1) is 11.3 Å². The van der Waals surface area contributed by atoms with Gasteiger partial charge in [0.15, 0.2) is 6.04 Å². The zero-order chi connectivity index (χ0) is 23.4. The van der Waals surface area contributed by atoms with Gasteiger partial charge in [-0.25, -0.2) is 13.3 Å². The van der Waals surface area contributed by atoms with E-state index in [0.717, 1.165) is 11.3 Å². The normalized spacial score (nSPS) is 12.8. The first-order chi connectivity index (χ1) is 15.2. The van der Waals surface area contributed by atoms with E-state index < -0.39 is 35.8 Å². The molecule has 1 aromatic heterocycles. The highest BCUT2D eigenvalue weighted by Crippen LogP contribution is 2.41. The van der Waals surface area contributed by atoms with Gasteiger partial charge in [-0.05, 0) is 41.5 Å². The molecule has 1 heterocycles. The highest BCUT2D eigenvalue weighted by atomic mass is 35.5. The van der Waals surface area contributed by atoms with E-state index in [1.54, 1.807) is 36.4 Å². The molecule has 0 radical (unpaired) electrons. The first kappa shape index (κ1) is 24.2. The lowest BCUT2D eigenvalue weighted by Crippen LogP contribution is -2.43. The van der Waals surface area contributed by atoms with E-state index in [0.29, 0.717) is 26.2 Å². The molecule has 0 aliphatic heterocycles. The number of carbonyl (C=O) groups excluding carboxylic acids is 1. The average molecular weight is 515 g/mol. The number of amides is 1. The molecule has 1 amide bonds. The fourth-order valence-electron chi connectivity index (χ4n) is 2.78. The summed E-state index contributed by atoms with van der Waals surface area (Å²) in [6.45, 7) is -0.727. The number of carboxylic acid groups (broad SMARTS) is 1. The van der Waals surface area contributed by atoms with Crippen molar-refractivity contribution < 1.29 is 28.6 Å². The Morgan fingerprint density at radius 1 is 1.09 bits per heavy atom. The van der Waals surface area contributed by atoms with Crippen molar-refractivity contribution in [1.29, 1.82) is 0 Å². The summed E-state index contributed by atoms with van der Waals surface area (Å²) >= 11 is 10.7. The number of carbonyl (C=O) groups is 2. The second-order valence-electron chi connectivity index (χ2n) is 6.41. The number of nitrogens with one attached hydrogen (secondary N) is 1. The Hall–Kier alpha value is -2.47. The number of hydrogen-bond donors (Lipinski definition) is 4. The summed E-state index contributed by atoms with van der Waals surface area (Å²) in [6, 6.07) is 13.3. The first-order valence-corrected chi connectivity index (χ1v) is 11.6. The first-order valence-electron chi connectivity index (χ1n) is 8.92. The molecule has 0 saturated carbocycles. The molecule has 4 N–H and O–H groups in total. The molecule has 2 atom stereocenters. The molecule has 0 fully saturated rings. The highest BCUT2D eigenvalue weighted by molar-refractivity contribution is 7.81. The molecule has 3 rings (SSSR count). The predicted octanol–water partition coefficient (Wildman–Crippen LogP) is 4.17. The minimum Gasteiger partial charge on any atom is -0.480 e. The van der Waals surface area contributed by atoms with E-state index in [1.165, 1.54) is 22.5 Å². The van der Waals surface area contributed by atoms with E-state index in [2.05, 4.69) is 5.32 Å². The van der Waals surface area contributed by atoms with Crippen LogP contribution in [0.15, 0.2) is 54.6 Å². The molecular weight excluding hydrogens is 499 g/mol. The van der Waals surface area contributed by atoms with Crippen molar-refractivity contribution in [2.45, 2.75) is 6.04 Å². The van der Waals surface area contributed by atoms with E-state index in [9.17, 15) is 18.4 Å². The topological polar surface area (TPSA) is 127 Å². The minimum atomic E-state index is -2.38. The number of rotatable bonds is 8. The lowest BCUT2D eigenvalue weighted by Gasteiger charge is -2.18. The summed E-state index contributed by atoms with van der Waals surface area (Å²) in [5, 5.41) is 20.9. The molecule has 0 aliphatic rings. The fraction of sp³-hybridized carbons (Fsp3) is 0.100. The van der Waals surface area contributed by atoms with Crippen molar-refractivity contribution in [3.8, 4) is 11.1 Å². The molecule has 32 heavy (non-hydrogen) atoms. The predicted molar refractivity (Wildman–Crippen MR) is 125 cm³/mol. The maximum Gasteiger partial charge on any atom is 0.328 e. The molecule has 8 nitrogen and oxygen atoms in total. The van der Waals surface area contributed by atoms with Crippen LogP contribution in [-0.2, 0) is 16.1 Å². The monoisotopic (exact) mass is 514 g/mol. The van der Waals surface area contributed by atoms with Crippen LogP contribution in [0.1, 0.15) is 10.4 Å². The van der Waals surface area contributed by atoms with Crippen LogP contribution < -0.4 is 9.62 Å². The molecule has 0 saturated heterocycles. The van der Waals surface area contributed by atoms with Crippen molar-refractivity contribution in [2.75, 3.05) is 10.9 Å². The number of hydrogen-bond acceptors (Lipinski definition) is 5. The number of anilines is 2. The Labute approximate surface area is 199 Å². The summed E-state index contributed by atoms with van der Waals surface area (Å²) in [6.07, 6.45) is 0. The van der Waals surface area contributed by atoms with Gasteiger partial charge in [0.25, 0.3) is 17.2 Å². The van der Waals surface area contributed by atoms with E-state index in [1.807, 2.05) is 0 Å². The molecule has 0 spiro atoms. The summed E-state index contributed by atoms with van der Waals surface area (Å²) in [5.74, 6) is -1.98. The fourth-order valence-corrected chi connectivity index (χ4v) is 4.87. The molecule has 2 aromatic carbocycles. The SMILES string of the molecule is O=C(NC(CO)C(=O)O)c1ccc(-c2cccc(N(c3cc(Cl)c(Cl)s3)S(=O)O)c2)cc1. The quantitative estimate of drug-likeness (QED) is 0.334. The van der Waals surface area contributed by atoms with Crippen LogP contribution in [0.2, 0.25) is 9.36 Å². The highest BCUT2D eigenvalue weighted by Gasteiger charge is 2.21. The van der Waals surface area contributed by atoms with Crippen LogP contribution in [0.3, 0.4) is 0 Å². The number of aliphatic carboxylic acids is 1. The van der Waals surface area contributed by atoms with Crippen molar-refractivity contribution in [3.63, 3.8) is 0 Å². The summed E-state index contributed by atoms with van der Waals surface area (Å²) in [4.78, 5) is 23.2. The summed E-state index contributed by atoms with van der Waals surface area (Å²) in [5.41, 5.74) is 2.06. The smallest absolute Gasteiger partial charge is 0.328 e. The number of halogens is 2. The van der Waals surface area contributed by atoms with Gasteiger partial charge in [-0.3, -0.25) is 9.35 Å². The van der Waals surface area contributed by atoms with Gasteiger partial charge in [0, 0.05) is 5.56 Å². The van der Waals surface area contributed by atoms with Gasteiger partial charge in [0.1, 0.15) is 9.34 Å². The molecule has 2 unspecified atom stereocenters. The molecule has 0 aliphatic carbocycles. The second kappa shape index (κ2) is 10.4. The number of thiophene rings is 1. The van der Waals surface area contributed by atoms with Crippen LogP contribution >= 0.6 is 34.5 Å². The molecule has 0 bridgehead atoms. The summed E-state index contributed by atoms with van der Waals surface area (Å²) < 4.78 is 23.3. The van der Waals surface area contributed by atoms with Crippen molar-refractivity contribution >= 4 is 68.4 Å². The van der Waals surface area contributed by atoms with E-state index in [-0.39, 0.29) is 10.6 Å². The van der Waals surface area contributed by atoms with Crippen LogP contribution in [0.4, 0.5) is 10.7 Å². The Bertz CT molecular complexity index is 1150. The van der Waals surface area contributed by atoms with Crippen molar-refractivity contribution in [2.24, 2.45) is 0 Å². The van der Waals surface area contributed by atoms with Gasteiger partial charge < -0.3 is 15.5 Å². The third-order valence-electron chi connectivity index (χ3n) is 4.34.